The van der Waals surface area contributed by atoms with Gasteiger partial charge in [0.1, 0.15) is 4.21 Å². The van der Waals surface area contributed by atoms with Crippen LogP contribution in [0.1, 0.15) is 12.5 Å². The van der Waals surface area contributed by atoms with E-state index in [-0.39, 0.29) is 6.04 Å². The van der Waals surface area contributed by atoms with Crippen molar-refractivity contribution in [2.75, 3.05) is 13.1 Å². The zero-order valence-electron chi connectivity index (χ0n) is 9.51. The molecule has 0 radical (unpaired) electrons. The molecule has 0 saturated carbocycles. The second kappa shape index (κ2) is 4.45. The lowest BCUT2D eigenvalue weighted by molar-refractivity contribution is 0.429. The summed E-state index contributed by atoms with van der Waals surface area (Å²) >= 11 is 1.25. The summed E-state index contributed by atoms with van der Waals surface area (Å²) in [7, 11) is -3.33. The summed E-state index contributed by atoms with van der Waals surface area (Å²) in [6.07, 6.45) is 4.15. The van der Waals surface area contributed by atoms with E-state index in [2.05, 4.69) is 10.3 Å². The molecule has 0 bridgehead atoms. The summed E-state index contributed by atoms with van der Waals surface area (Å²) in [4.78, 5) is 0. The van der Waals surface area contributed by atoms with Crippen molar-refractivity contribution in [1.29, 1.82) is 0 Å². The van der Waals surface area contributed by atoms with E-state index in [0.717, 1.165) is 6.42 Å². The molecule has 0 aromatic carbocycles. The van der Waals surface area contributed by atoms with E-state index in [1.165, 1.54) is 15.6 Å². The van der Waals surface area contributed by atoms with Crippen molar-refractivity contribution in [3.63, 3.8) is 0 Å². The van der Waals surface area contributed by atoms with Crippen LogP contribution in [0.4, 0.5) is 0 Å². The molecule has 0 aliphatic carbocycles. The number of rotatable bonds is 3. The van der Waals surface area contributed by atoms with Crippen LogP contribution in [0.25, 0.3) is 0 Å². The van der Waals surface area contributed by atoms with Gasteiger partial charge in [0.05, 0.1) is 12.2 Å². The first kappa shape index (κ1) is 11.8. The topological polar surface area (TPSA) is 68.1 Å². The molecule has 96 valence electrons. The molecule has 3 rings (SSSR count). The minimum absolute atomic E-state index is 0.0854. The van der Waals surface area contributed by atoms with Gasteiger partial charge >= 0.3 is 0 Å². The Morgan fingerprint density at radius 3 is 3.00 bits per heavy atom. The van der Waals surface area contributed by atoms with Crippen LogP contribution in [-0.2, 0) is 10.0 Å². The van der Waals surface area contributed by atoms with Gasteiger partial charge in [0, 0.05) is 19.3 Å². The van der Waals surface area contributed by atoms with Crippen LogP contribution in [0.5, 0.6) is 0 Å². The minimum Gasteiger partial charge on any atom is -0.248 e. The summed E-state index contributed by atoms with van der Waals surface area (Å²) < 4.78 is 28.3. The van der Waals surface area contributed by atoms with E-state index in [1.807, 2.05) is 0 Å². The molecule has 1 atom stereocenters. The first-order chi connectivity index (χ1) is 8.68. The fraction of sp³-hybridized carbons (Fsp3) is 0.400. The highest BCUT2D eigenvalue weighted by atomic mass is 32.2. The van der Waals surface area contributed by atoms with Gasteiger partial charge in [-0.2, -0.15) is 4.31 Å². The monoisotopic (exact) mass is 284 g/mol. The molecule has 18 heavy (non-hydrogen) atoms. The normalized spacial score (nSPS) is 21.4. The lowest BCUT2D eigenvalue weighted by atomic mass is 10.3. The molecule has 0 amide bonds. The van der Waals surface area contributed by atoms with Crippen LogP contribution in [-0.4, -0.2) is 40.8 Å². The van der Waals surface area contributed by atoms with Gasteiger partial charge in [0.15, 0.2) is 0 Å². The van der Waals surface area contributed by atoms with E-state index in [4.69, 9.17) is 0 Å². The molecule has 0 unspecified atom stereocenters. The molecule has 2 aromatic heterocycles. The maximum absolute atomic E-state index is 12.3. The third kappa shape index (κ3) is 1.96. The maximum Gasteiger partial charge on any atom is 0.252 e. The van der Waals surface area contributed by atoms with Gasteiger partial charge in [-0.25, -0.2) is 13.1 Å². The van der Waals surface area contributed by atoms with Gasteiger partial charge in [-0.1, -0.05) is 11.3 Å². The molecule has 3 heterocycles. The fourth-order valence-corrected chi connectivity index (χ4v) is 4.73. The molecule has 1 saturated heterocycles. The Kier molecular flexibility index (Phi) is 2.92. The van der Waals surface area contributed by atoms with Crippen LogP contribution >= 0.6 is 11.3 Å². The average Bonchev–Trinajstić information content (AvgIpc) is 3.12. The first-order valence-corrected chi connectivity index (χ1v) is 7.89. The minimum atomic E-state index is -3.33. The van der Waals surface area contributed by atoms with Gasteiger partial charge in [-0.3, -0.25) is 0 Å². The summed E-state index contributed by atoms with van der Waals surface area (Å²) in [5.41, 5.74) is 0. The molecular formula is C10H12N4O2S2. The van der Waals surface area contributed by atoms with Gasteiger partial charge in [-0.05, 0) is 17.9 Å². The third-order valence-corrected chi connectivity index (χ3v) is 6.27. The molecule has 0 N–H and O–H groups in total. The Hall–Kier alpha value is -1.25. The zero-order chi connectivity index (χ0) is 12.6. The SMILES string of the molecule is O=S(=O)(c1cccs1)N1CC[C@@H](n2ccnn2)C1. The molecule has 0 spiro atoms. The smallest absolute Gasteiger partial charge is 0.248 e. The van der Waals surface area contributed by atoms with E-state index in [0.29, 0.717) is 17.3 Å². The number of nitrogens with zero attached hydrogens (tertiary/aromatic N) is 4. The predicted octanol–water partition coefficient (Wildman–Crippen LogP) is 0.975. The Bertz CT molecular complexity index is 606. The highest BCUT2D eigenvalue weighted by Crippen LogP contribution is 2.28. The molecule has 1 aliphatic rings. The number of hydrogen-bond donors (Lipinski definition) is 0. The van der Waals surface area contributed by atoms with Gasteiger partial charge in [0.25, 0.3) is 10.0 Å². The lowest BCUT2D eigenvalue weighted by Gasteiger charge is -2.15. The molecule has 2 aromatic rings. The van der Waals surface area contributed by atoms with E-state index >= 15 is 0 Å². The fourth-order valence-electron chi connectivity index (χ4n) is 2.09. The van der Waals surface area contributed by atoms with Crippen molar-refractivity contribution in [1.82, 2.24) is 19.3 Å². The average molecular weight is 284 g/mol. The third-order valence-electron chi connectivity index (χ3n) is 3.03. The Labute approximate surface area is 109 Å². The van der Waals surface area contributed by atoms with Crippen molar-refractivity contribution >= 4 is 21.4 Å². The molecule has 1 aliphatic heterocycles. The zero-order valence-corrected chi connectivity index (χ0v) is 11.1. The van der Waals surface area contributed by atoms with Crippen LogP contribution < -0.4 is 0 Å². The standard InChI is InChI=1S/C10H12N4O2S2/c15-18(16,10-2-1-7-17-10)13-5-3-9(8-13)14-6-4-11-12-14/h1-2,4,6-7,9H,3,5,8H2/t9-/m1/s1. The van der Waals surface area contributed by atoms with Crippen molar-refractivity contribution in [2.24, 2.45) is 0 Å². The molecular weight excluding hydrogens is 272 g/mol. The van der Waals surface area contributed by atoms with Crippen LogP contribution in [0.3, 0.4) is 0 Å². The predicted molar refractivity (Wildman–Crippen MR) is 66.8 cm³/mol. The summed E-state index contributed by atoms with van der Waals surface area (Å²) in [5, 5.41) is 9.45. The van der Waals surface area contributed by atoms with E-state index < -0.39 is 10.0 Å². The van der Waals surface area contributed by atoms with Gasteiger partial charge < -0.3 is 0 Å². The highest BCUT2D eigenvalue weighted by molar-refractivity contribution is 7.91. The van der Waals surface area contributed by atoms with Crippen LogP contribution in [0.2, 0.25) is 0 Å². The van der Waals surface area contributed by atoms with E-state index in [1.54, 1.807) is 34.6 Å². The van der Waals surface area contributed by atoms with Crippen molar-refractivity contribution in [3.8, 4) is 0 Å². The van der Waals surface area contributed by atoms with Crippen LogP contribution in [0.15, 0.2) is 34.1 Å². The van der Waals surface area contributed by atoms with Gasteiger partial charge in [0.2, 0.25) is 0 Å². The van der Waals surface area contributed by atoms with Crippen LogP contribution in [0, 0.1) is 0 Å². The second-order valence-corrected chi connectivity index (χ2v) is 7.23. The maximum atomic E-state index is 12.3. The number of sulfonamides is 1. The van der Waals surface area contributed by atoms with Crippen molar-refractivity contribution in [2.45, 2.75) is 16.7 Å². The summed E-state index contributed by atoms with van der Waals surface area (Å²) in [6.45, 7) is 0.994. The summed E-state index contributed by atoms with van der Waals surface area (Å²) in [5.74, 6) is 0. The van der Waals surface area contributed by atoms with Crippen molar-refractivity contribution < 1.29 is 8.42 Å². The molecule has 1 fully saturated rings. The second-order valence-electron chi connectivity index (χ2n) is 4.12. The highest BCUT2D eigenvalue weighted by Gasteiger charge is 2.34. The number of aromatic nitrogens is 3. The van der Waals surface area contributed by atoms with Gasteiger partial charge in [-0.15, -0.1) is 16.4 Å². The summed E-state index contributed by atoms with van der Waals surface area (Å²) in [6, 6.07) is 3.48. The van der Waals surface area contributed by atoms with Crippen molar-refractivity contribution in [3.05, 3.63) is 29.9 Å². The number of hydrogen-bond acceptors (Lipinski definition) is 5. The molecule has 6 nitrogen and oxygen atoms in total. The van der Waals surface area contributed by atoms with E-state index in [9.17, 15) is 8.42 Å². The Balaban J connectivity index is 1.80. The number of thiophene rings is 1. The lowest BCUT2D eigenvalue weighted by Crippen LogP contribution is -2.28. The largest absolute Gasteiger partial charge is 0.252 e. The first-order valence-electron chi connectivity index (χ1n) is 5.57. The Morgan fingerprint density at radius 2 is 2.33 bits per heavy atom. The quantitative estimate of drug-likeness (QED) is 0.842. The molecule has 8 heteroatoms. The Morgan fingerprint density at radius 1 is 1.44 bits per heavy atom.